The van der Waals surface area contributed by atoms with Crippen molar-refractivity contribution in [3.8, 4) is 0 Å². The van der Waals surface area contributed by atoms with Gasteiger partial charge in [0.05, 0.1) is 13.1 Å². The highest BCUT2D eigenvalue weighted by Gasteiger charge is 2.16. The molecule has 4 rings (SSSR count). The average molecular weight is 367 g/mol. The number of anilines is 2. The van der Waals surface area contributed by atoms with Gasteiger partial charge in [-0.25, -0.2) is 0 Å². The molecule has 0 heterocycles. The smallest absolute Gasteiger partial charge is 0.246 e. The number of hydrogen-bond acceptors (Lipinski definition) is 3. The van der Waals surface area contributed by atoms with Gasteiger partial charge in [0.2, 0.25) is 12.2 Å². The first-order valence-corrected chi connectivity index (χ1v) is 9.12. The van der Waals surface area contributed by atoms with E-state index in [1.807, 2.05) is 91.2 Å². The van der Waals surface area contributed by atoms with Crippen molar-refractivity contribution in [2.45, 2.75) is 0 Å². The van der Waals surface area contributed by atoms with Gasteiger partial charge in [-0.1, -0.05) is 66.7 Å². The second-order valence-electron chi connectivity index (χ2n) is 6.54. The summed E-state index contributed by atoms with van der Waals surface area (Å²) in [4.78, 5) is 25.4. The van der Waals surface area contributed by atoms with Gasteiger partial charge in [0.15, 0.2) is 0 Å². The minimum atomic E-state index is -0.188. The van der Waals surface area contributed by atoms with Gasteiger partial charge in [-0.3, -0.25) is 9.59 Å². The zero-order valence-electron chi connectivity index (χ0n) is 15.3. The molecule has 0 saturated carbocycles. The lowest BCUT2D eigenvalue weighted by molar-refractivity contribution is -0.116. The van der Waals surface area contributed by atoms with Crippen LogP contribution < -0.4 is 10.2 Å². The highest BCUT2D eigenvalue weighted by molar-refractivity contribution is 6.02. The quantitative estimate of drug-likeness (QED) is 0.544. The minimum Gasteiger partial charge on any atom is -0.376 e. The Kier molecular flexibility index (Phi) is 5.02. The molecule has 1 N–H and O–H groups in total. The van der Waals surface area contributed by atoms with Gasteiger partial charge in [0.25, 0.3) is 0 Å². The lowest BCUT2D eigenvalue weighted by Crippen LogP contribution is -2.37. The van der Waals surface area contributed by atoms with E-state index in [9.17, 15) is 9.59 Å². The number of benzene rings is 4. The van der Waals surface area contributed by atoms with Crippen molar-refractivity contribution in [3.05, 3.63) is 84.9 Å². The molecule has 0 unspecified atom stereocenters. The molecule has 4 aromatic rings. The molecule has 4 heteroatoms. The van der Waals surface area contributed by atoms with Gasteiger partial charge in [0.1, 0.15) is 0 Å². The summed E-state index contributed by atoms with van der Waals surface area (Å²) < 4.78 is 0. The summed E-state index contributed by atoms with van der Waals surface area (Å²) in [7, 11) is 0. The Morgan fingerprint density at radius 1 is 0.821 bits per heavy atom. The van der Waals surface area contributed by atoms with Crippen LogP contribution in [0.5, 0.6) is 0 Å². The molecule has 0 saturated heterocycles. The van der Waals surface area contributed by atoms with Crippen LogP contribution in [0.1, 0.15) is 0 Å². The first-order chi connectivity index (χ1) is 13.8. The first-order valence-electron chi connectivity index (χ1n) is 9.12. The van der Waals surface area contributed by atoms with Crippen LogP contribution in [0, 0.1) is 0 Å². The predicted molar refractivity (Wildman–Crippen MR) is 114 cm³/mol. The summed E-state index contributed by atoms with van der Waals surface area (Å²) in [5, 5.41) is 7.47. The van der Waals surface area contributed by atoms with Gasteiger partial charge in [-0.2, -0.15) is 0 Å². The average Bonchev–Trinajstić information content (AvgIpc) is 2.75. The van der Waals surface area contributed by atoms with Crippen LogP contribution in [0.15, 0.2) is 84.9 Å². The molecule has 0 aromatic heterocycles. The number of carbonyl (C=O) groups is 1. The zero-order valence-corrected chi connectivity index (χ0v) is 15.3. The molecule has 1 amide bonds. The molecule has 0 fully saturated rings. The fourth-order valence-electron chi connectivity index (χ4n) is 3.38. The molecule has 0 aliphatic heterocycles. The van der Waals surface area contributed by atoms with E-state index < -0.39 is 0 Å². The molecular weight excluding hydrogens is 348 g/mol. The summed E-state index contributed by atoms with van der Waals surface area (Å²) in [6.07, 6.45) is 1.85. The molecule has 1 radical (unpaired) electrons. The van der Waals surface area contributed by atoms with E-state index in [0.29, 0.717) is 5.69 Å². The maximum atomic E-state index is 12.9. The lowest BCUT2D eigenvalue weighted by Gasteiger charge is -2.21. The minimum absolute atomic E-state index is 0.0858. The van der Waals surface area contributed by atoms with Crippen molar-refractivity contribution in [2.75, 3.05) is 23.3 Å². The fourth-order valence-corrected chi connectivity index (χ4v) is 3.38. The third kappa shape index (κ3) is 3.58. The number of amides is 1. The molecular formula is C24H19N2O2. The van der Waals surface area contributed by atoms with Crippen LogP contribution in [-0.2, 0) is 9.59 Å². The number of rotatable bonds is 6. The van der Waals surface area contributed by atoms with Gasteiger partial charge in [-0.05, 0) is 34.4 Å². The maximum Gasteiger partial charge on any atom is 0.246 e. The predicted octanol–water partition coefficient (Wildman–Crippen LogP) is 4.55. The molecule has 0 bridgehead atoms. The van der Waals surface area contributed by atoms with Gasteiger partial charge in [0, 0.05) is 16.8 Å². The standard InChI is InChI=1S/C24H19N2O2/c27-15-14-26(21-13-12-18-6-1-2-8-20(18)16-21)24(28)17-25-23-11-5-9-19-7-3-4-10-22(19)23/h1-13,16,25H,14,17H2. The monoisotopic (exact) mass is 367 g/mol. The molecule has 0 aliphatic rings. The van der Waals surface area contributed by atoms with E-state index in [1.165, 1.54) is 4.90 Å². The van der Waals surface area contributed by atoms with E-state index in [0.717, 1.165) is 27.2 Å². The second kappa shape index (κ2) is 7.92. The van der Waals surface area contributed by atoms with Crippen LogP contribution in [0.4, 0.5) is 11.4 Å². The SMILES string of the molecule is O=[C]CN(C(=O)CNc1cccc2ccccc12)c1ccc2ccccc2c1. The number of fused-ring (bicyclic) bond motifs is 2. The lowest BCUT2D eigenvalue weighted by atomic mass is 10.1. The van der Waals surface area contributed by atoms with Crippen molar-refractivity contribution < 1.29 is 9.59 Å². The fraction of sp³-hybridized carbons (Fsp3) is 0.0833. The van der Waals surface area contributed by atoms with Gasteiger partial charge in [-0.15, -0.1) is 0 Å². The summed E-state index contributed by atoms with van der Waals surface area (Å²) in [5.74, 6) is -0.188. The molecule has 137 valence electrons. The van der Waals surface area contributed by atoms with E-state index >= 15 is 0 Å². The van der Waals surface area contributed by atoms with Crippen LogP contribution in [0.25, 0.3) is 21.5 Å². The van der Waals surface area contributed by atoms with Crippen LogP contribution in [0.3, 0.4) is 0 Å². The summed E-state index contributed by atoms with van der Waals surface area (Å²) in [5.41, 5.74) is 1.58. The number of hydrogen-bond donors (Lipinski definition) is 1. The zero-order chi connectivity index (χ0) is 19.3. The Morgan fingerprint density at radius 3 is 2.36 bits per heavy atom. The van der Waals surface area contributed by atoms with E-state index in [2.05, 4.69) is 5.32 Å². The van der Waals surface area contributed by atoms with Crippen LogP contribution in [0.2, 0.25) is 0 Å². The van der Waals surface area contributed by atoms with Crippen molar-refractivity contribution in [1.29, 1.82) is 0 Å². The Labute approximate surface area is 163 Å². The summed E-state index contributed by atoms with van der Waals surface area (Å²) in [6.45, 7) is -0.0170. The maximum absolute atomic E-state index is 12.9. The van der Waals surface area contributed by atoms with Gasteiger partial charge < -0.3 is 10.2 Å². The van der Waals surface area contributed by atoms with Crippen LogP contribution >= 0.6 is 0 Å². The highest BCUT2D eigenvalue weighted by atomic mass is 16.2. The normalized spacial score (nSPS) is 10.7. The largest absolute Gasteiger partial charge is 0.376 e. The third-order valence-corrected chi connectivity index (χ3v) is 4.79. The molecule has 28 heavy (non-hydrogen) atoms. The van der Waals surface area contributed by atoms with Crippen LogP contribution in [-0.4, -0.2) is 25.3 Å². The Morgan fingerprint density at radius 2 is 1.54 bits per heavy atom. The molecule has 4 aromatic carbocycles. The van der Waals surface area contributed by atoms with E-state index in [1.54, 1.807) is 0 Å². The van der Waals surface area contributed by atoms with Crippen molar-refractivity contribution in [1.82, 2.24) is 0 Å². The van der Waals surface area contributed by atoms with Crippen molar-refractivity contribution in [3.63, 3.8) is 0 Å². The summed E-state index contributed by atoms with van der Waals surface area (Å²) >= 11 is 0. The summed E-state index contributed by atoms with van der Waals surface area (Å²) in [6, 6.07) is 27.6. The molecule has 0 spiro atoms. The topological polar surface area (TPSA) is 49.4 Å². The third-order valence-electron chi connectivity index (χ3n) is 4.79. The number of nitrogens with one attached hydrogen (secondary N) is 1. The second-order valence-corrected chi connectivity index (χ2v) is 6.54. The van der Waals surface area contributed by atoms with Crippen molar-refractivity contribution >= 4 is 45.1 Å². The molecule has 4 nitrogen and oxygen atoms in total. The Hall–Kier alpha value is -3.66. The Bertz CT molecular complexity index is 1150. The van der Waals surface area contributed by atoms with E-state index in [-0.39, 0.29) is 19.0 Å². The number of carbonyl (C=O) groups excluding carboxylic acids is 2. The molecule has 0 aliphatic carbocycles. The number of nitrogens with zero attached hydrogens (tertiary/aromatic N) is 1. The van der Waals surface area contributed by atoms with E-state index in [4.69, 9.17) is 0 Å². The highest BCUT2D eigenvalue weighted by Crippen LogP contribution is 2.24. The first kappa shape index (κ1) is 17.7. The molecule has 0 atom stereocenters. The Balaban J connectivity index is 1.57. The van der Waals surface area contributed by atoms with Gasteiger partial charge >= 0.3 is 0 Å². The van der Waals surface area contributed by atoms with Crippen molar-refractivity contribution in [2.24, 2.45) is 0 Å².